The van der Waals surface area contributed by atoms with E-state index in [9.17, 15) is 20.4 Å². The summed E-state index contributed by atoms with van der Waals surface area (Å²) >= 11 is 0. The Labute approximate surface area is 206 Å². The molecule has 28 heavy (non-hydrogen) atoms. The van der Waals surface area contributed by atoms with Gasteiger partial charge < -0.3 is 20.4 Å². The van der Waals surface area contributed by atoms with Crippen molar-refractivity contribution in [3.63, 3.8) is 0 Å². The number of para-hydroxylation sites is 2. The molecule has 0 radical (unpaired) electrons. The Morgan fingerprint density at radius 2 is 1.04 bits per heavy atom. The average Bonchev–Trinajstić information content (AvgIpc) is 2.61. The van der Waals surface area contributed by atoms with Crippen molar-refractivity contribution in [2.45, 2.75) is 0 Å². The van der Waals surface area contributed by atoms with Crippen molar-refractivity contribution in [3.05, 3.63) is 71.8 Å². The number of benzene rings is 3. The number of phenols is 2. The molecule has 0 bridgehead atoms. The van der Waals surface area contributed by atoms with E-state index in [1.165, 1.54) is 36.7 Å². The fraction of sp³-hybridized carbons (Fsp3) is 0. The predicted molar refractivity (Wildman–Crippen MR) is 96.1 cm³/mol. The molecule has 0 fully saturated rings. The average molecular weight is 392 g/mol. The van der Waals surface area contributed by atoms with Crippen molar-refractivity contribution in [1.29, 1.82) is 0 Å². The Bertz CT molecular complexity index is 927. The third kappa shape index (κ3) is 6.38. The summed E-state index contributed by atoms with van der Waals surface area (Å²) in [5.74, 6) is -0.872. The molecule has 3 aromatic carbocycles. The van der Waals surface area contributed by atoms with Crippen LogP contribution >= 0.6 is 0 Å². The Balaban J connectivity index is 0.00000196. The summed E-state index contributed by atoms with van der Waals surface area (Å²) < 4.78 is 0. The molecule has 8 heteroatoms. The first kappa shape index (κ1) is 24.2. The third-order valence-electron chi connectivity index (χ3n) is 3.56. The van der Waals surface area contributed by atoms with E-state index in [-0.39, 0.29) is 82.1 Å². The maximum Gasteiger partial charge on any atom is 1.00 e. The molecule has 3 rings (SSSR count). The van der Waals surface area contributed by atoms with E-state index in [4.69, 9.17) is 0 Å². The SMILES string of the molecule is [Na+].[Na+].[O-]c1cc(O)ccc1C=Nc1ccccc1N=Cc1ccc(O)cc1[O-]. The number of hydrogen-bond acceptors (Lipinski definition) is 6. The van der Waals surface area contributed by atoms with Crippen LogP contribution in [0, 0.1) is 0 Å². The Hall–Kier alpha value is -1.80. The molecule has 0 heterocycles. The molecule has 130 valence electrons. The molecule has 0 aliphatic rings. The molecular weight excluding hydrogens is 378 g/mol. The molecule has 3 aromatic rings. The van der Waals surface area contributed by atoms with Crippen molar-refractivity contribution in [2.24, 2.45) is 9.98 Å². The fourth-order valence-electron chi connectivity index (χ4n) is 2.22. The van der Waals surface area contributed by atoms with Crippen LogP contribution in [-0.4, -0.2) is 22.6 Å². The first-order valence-corrected chi connectivity index (χ1v) is 7.70. The van der Waals surface area contributed by atoms with Crippen LogP contribution in [0.5, 0.6) is 23.0 Å². The number of rotatable bonds is 4. The number of aromatic hydroxyl groups is 2. The topological polar surface area (TPSA) is 111 Å². The maximum absolute atomic E-state index is 11.8. The minimum absolute atomic E-state index is 0. The van der Waals surface area contributed by atoms with E-state index in [0.717, 1.165) is 12.1 Å². The van der Waals surface area contributed by atoms with Crippen LogP contribution in [-0.2, 0) is 0 Å². The van der Waals surface area contributed by atoms with Crippen LogP contribution in [0.3, 0.4) is 0 Å². The summed E-state index contributed by atoms with van der Waals surface area (Å²) in [6.07, 6.45) is 2.80. The molecule has 0 atom stereocenters. The molecule has 0 aliphatic carbocycles. The number of hydrogen-bond donors (Lipinski definition) is 2. The molecule has 0 aliphatic heterocycles. The van der Waals surface area contributed by atoms with Gasteiger partial charge in [0.05, 0.1) is 11.4 Å². The van der Waals surface area contributed by atoms with Gasteiger partial charge in [-0.3, -0.25) is 9.98 Å². The van der Waals surface area contributed by atoms with Crippen molar-refractivity contribution in [3.8, 4) is 23.0 Å². The summed E-state index contributed by atoms with van der Waals surface area (Å²) in [5.41, 5.74) is 1.70. The molecular formula is C20H14N2Na2O4. The number of aliphatic imine (C=N–C) groups is 2. The largest absolute Gasteiger partial charge is 1.00 e. The first-order valence-electron chi connectivity index (χ1n) is 7.70. The van der Waals surface area contributed by atoms with Gasteiger partial charge >= 0.3 is 59.1 Å². The van der Waals surface area contributed by atoms with E-state index in [1.54, 1.807) is 24.3 Å². The molecule has 0 saturated carbocycles. The van der Waals surface area contributed by atoms with E-state index >= 15 is 0 Å². The normalized spacial score (nSPS) is 10.6. The predicted octanol–water partition coefficient (Wildman–Crippen LogP) is -3.25. The first-order chi connectivity index (χ1) is 12.5. The molecule has 0 aromatic heterocycles. The van der Waals surface area contributed by atoms with Gasteiger partial charge in [0.1, 0.15) is 11.5 Å². The third-order valence-corrected chi connectivity index (χ3v) is 3.56. The van der Waals surface area contributed by atoms with Crippen LogP contribution in [0.1, 0.15) is 11.1 Å². The summed E-state index contributed by atoms with van der Waals surface area (Å²) in [4.78, 5) is 8.55. The van der Waals surface area contributed by atoms with E-state index in [2.05, 4.69) is 9.98 Å². The van der Waals surface area contributed by atoms with Gasteiger partial charge in [0, 0.05) is 12.4 Å². The van der Waals surface area contributed by atoms with Crippen LogP contribution in [0.4, 0.5) is 11.4 Å². The van der Waals surface area contributed by atoms with Gasteiger partial charge in [-0.15, -0.1) is 0 Å². The smallest absolute Gasteiger partial charge is 0.872 e. The summed E-state index contributed by atoms with van der Waals surface area (Å²) in [6.45, 7) is 0. The fourth-order valence-corrected chi connectivity index (χ4v) is 2.22. The van der Waals surface area contributed by atoms with E-state index in [1.807, 2.05) is 0 Å². The van der Waals surface area contributed by atoms with Crippen LogP contribution < -0.4 is 69.3 Å². The minimum atomic E-state index is -0.338. The zero-order chi connectivity index (χ0) is 18.5. The second-order valence-corrected chi connectivity index (χ2v) is 5.45. The van der Waals surface area contributed by atoms with Crippen molar-refractivity contribution in [2.75, 3.05) is 0 Å². The van der Waals surface area contributed by atoms with Crippen LogP contribution in [0.25, 0.3) is 0 Å². The van der Waals surface area contributed by atoms with Crippen LogP contribution in [0.2, 0.25) is 0 Å². The second kappa shape index (κ2) is 11.3. The van der Waals surface area contributed by atoms with Gasteiger partial charge in [-0.1, -0.05) is 35.8 Å². The van der Waals surface area contributed by atoms with Crippen molar-refractivity contribution >= 4 is 23.8 Å². The van der Waals surface area contributed by atoms with E-state index in [0.29, 0.717) is 22.5 Å². The van der Waals surface area contributed by atoms with Gasteiger partial charge in [-0.2, -0.15) is 0 Å². The number of phenolic OH excluding ortho intramolecular Hbond substituents is 2. The zero-order valence-corrected chi connectivity index (χ0v) is 19.5. The molecule has 0 spiro atoms. The van der Waals surface area contributed by atoms with Gasteiger partial charge in [0.25, 0.3) is 0 Å². The Morgan fingerprint density at radius 1 is 0.643 bits per heavy atom. The summed E-state index contributed by atoms with van der Waals surface area (Å²) in [6, 6.07) is 15.0. The van der Waals surface area contributed by atoms with Gasteiger partial charge in [-0.05, 0) is 47.5 Å². The maximum atomic E-state index is 11.8. The molecule has 2 N–H and O–H groups in total. The molecule has 0 unspecified atom stereocenters. The van der Waals surface area contributed by atoms with Crippen molar-refractivity contribution < 1.29 is 79.5 Å². The summed E-state index contributed by atoms with van der Waals surface area (Å²) in [5, 5.41) is 42.1. The van der Waals surface area contributed by atoms with Gasteiger partial charge in [0.2, 0.25) is 0 Å². The Morgan fingerprint density at radius 3 is 1.39 bits per heavy atom. The molecule has 0 amide bonds. The quantitative estimate of drug-likeness (QED) is 0.359. The van der Waals surface area contributed by atoms with Gasteiger partial charge in [-0.25, -0.2) is 0 Å². The number of nitrogens with zero attached hydrogens (tertiary/aromatic N) is 2. The van der Waals surface area contributed by atoms with Crippen molar-refractivity contribution in [1.82, 2.24) is 0 Å². The minimum Gasteiger partial charge on any atom is -0.872 e. The standard InChI is InChI=1S/C20H16N2O4.2Na/c23-15-7-5-13(19(25)9-15)11-21-17-3-1-2-4-18(17)22-12-14-6-8-16(24)10-20(14)26;;/h1-12,23-26H;;/q;2*+1/p-2. The van der Waals surface area contributed by atoms with Gasteiger partial charge in [0.15, 0.2) is 0 Å². The second-order valence-electron chi connectivity index (χ2n) is 5.45. The Kier molecular flexibility index (Phi) is 9.75. The monoisotopic (exact) mass is 392 g/mol. The van der Waals surface area contributed by atoms with Crippen LogP contribution in [0.15, 0.2) is 70.6 Å². The molecule has 0 saturated heterocycles. The molecule has 6 nitrogen and oxygen atoms in total. The summed E-state index contributed by atoms with van der Waals surface area (Å²) in [7, 11) is 0. The van der Waals surface area contributed by atoms with E-state index < -0.39 is 0 Å². The zero-order valence-electron chi connectivity index (χ0n) is 15.5.